The monoisotopic (exact) mass is 480 g/mol. The zero-order valence-electron chi connectivity index (χ0n) is 19.6. The average Bonchev–Trinajstić information content (AvgIpc) is 3.57. The lowest BCUT2D eigenvalue weighted by molar-refractivity contribution is -0.0385. The second-order valence-electron chi connectivity index (χ2n) is 8.98. The topological polar surface area (TPSA) is 96.0 Å². The Morgan fingerprint density at radius 1 is 1.15 bits per heavy atom. The summed E-state index contributed by atoms with van der Waals surface area (Å²) in [5.74, 6) is 1.71. The van der Waals surface area contributed by atoms with Gasteiger partial charge >= 0.3 is 0 Å². The van der Waals surface area contributed by atoms with E-state index in [1.54, 1.807) is 6.33 Å². The van der Waals surface area contributed by atoms with E-state index in [1.165, 1.54) is 11.5 Å². The van der Waals surface area contributed by atoms with Crippen molar-refractivity contribution >= 4 is 27.6 Å². The standard InChI is InChI=1S/C23H28N8O2S/c1-14-10-17(31(27-14)20-6-4-5-8-33-20)21-22-23(34-28-21)18(30-16(3)24-13-25-30)11-19(26-22)29-7-9-32-12-15(29)2/h10-11,13,15,20H,4-9,12H2,1-3H3/t15-,20?/m1/s1. The number of fused-ring (bicyclic) bond motifs is 1. The van der Waals surface area contributed by atoms with Gasteiger partial charge in [-0.15, -0.1) is 0 Å². The van der Waals surface area contributed by atoms with Gasteiger partial charge in [-0.2, -0.15) is 14.6 Å². The van der Waals surface area contributed by atoms with Crippen molar-refractivity contribution in [3.63, 3.8) is 0 Å². The SMILES string of the molecule is Cc1cc(-c2nsc3c(-n4ncnc4C)cc(N4CCOC[C@H]4C)nc23)n(C2CCCCO2)n1. The van der Waals surface area contributed by atoms with Crippen LogP contribution in [0.4, 0.5) is 5.82 Å². The molecule has 4 aromatic rings. The van der Waals surface area contributed by atoms with Gasteiger partial charge in [-0.05, 0) is 57.6 Å². The van der Waals surface area contributed by atoms with Gasteiger partial charge in [0.15, 0.2) is 6.23 Å². The maximum absolute atomic E-state index is 6.07. The van der Waals surface area contributed by atoms with Gasteiger partial charge in [0.25, 0.3) is 0 Å². The fourth-order valence-electron chi connectivity index (χ4n) is 4.80. The molecule has 0 aromatic carbocycles. The molecule has 0 N–H and O–H groups in total. The van der Waals surface area contributed by atoms with Crippen molar-refractivity contribution in [2.75, 3.05) is 31.3 Å². The molecule has 2 atom stereocenters. The molecule has 34 heavy (non-hydrogen) atoms. The Morgan fingerprint density at radius 2 is 2.06 bits per heavy atom. The third kappa shape index (κ3) is 3.68. The highest BCUT2D eigenvalue weighted by Gasteiger charge is 2.27. The molecule has 11 heteroatoms. The maximum atomic E-state index is 6.07. The van der Waals surface area contributed by atoms with Crippen LogP contribution in [0.3, 0.4) is 0 Å². The van der Waals surface area contributed by atoms with E-state index in [9.17, 15) is 0 Å². The Kier molecular flexibility index (Phi) is 5.54. The summed E-state index contributed by atoms with van der Waals surface area (Å²) in [6.07, 6.45) is 4.68. The second kappa shape index (κ2) is 8.71. The molecule has 2 aliphatic rings. The van der Waals surface area contributed by atoms with Gasteiger partial charge in [0, 0.05) is 19.2 Å². The normalized spacial score (nSPS) is 21.4. The summed E-state index contributed by atoms with van der Waals surface area (Å²) < 4.78 is 21.5. The van der Waals surface area contributed by atoms with Crippen LogP contribution in [-0.4, -0.2) is 66.3 Å². The van der Waals surface area contributed by atoms with Gasteiger partial charge in [0.1, 0.15) is 33.9 Å². The summed E-state index contributed by atoms with van der Waals surface area (Å²) in [6, 6.07) is 4.40. The van der Waals surface area contributed by atoms with Crippen molar-refractivity contribution < 1.29 is 9.47 Å². The van der Waals surface area contributed by atoms with Crippen LogP contribution in [0.25, 0.3) is 27.3 Å². The molecule has 0 bridgehead atoms. The first-order chi connectivity index (χ1) is 16.6. The minimum Gasteiger partial charge on any atom is -0.377 e. The second-order valence-corrected chi connectivity index (χ2v) is 9.76. The van der Waals surface area contributed by atoms with E-state index >= 15 is 0 Å². The quantitative estimate of drug-likeness (QED) is 0.437. The Labute approximate surface area is 201 Å². The molecule has 0 radical (unpaired) electrons. The first-order valence-corrected chi connectivity index (χ1v) is 12.6. The lowest BCUT2D eigenvalue weighted by Crippen LogP contribution is -2.44. The highest BCUT2D eigenvalue weighted by Crippen LogP contribution is 2.38. The van der Waals surface area contributed by atoms with Crippen LogP contribution in [-0.2, 0) is 9.47 Å². The molecule has 1 unspecified atom stereocenters. The van der Waals surface area contributed by atoms with E-state index < -0.39 is 0 Å². The first kappa shape index (κ1) is 21.6. The molecule has 6 rings (SSSR count). The predicted molar refractivity (Wildman–Crippen MR) is 129 cm³/mol. The minimum atomic E-state index is -0.0753. The maximum Gasteiger partial charge on any atom is 0.150 e. The fourth-order valence-corrected chi connectivity index (χ4v) is 5.63. The van der Waals surface area contributed by atoms with Gasteiger partial charge in [-0.1, -0.05) is 0 Å². The third-order valence-corrected chi connectivity index (χ3v) is 7.39. The largest absolute Gasteiger partial charge is 0.377 e. The number of morpholine rings is 1. The zero-order valence-corrected chi connectivity index (χ0v) is 20.5. The summed E-state index contributed by atoms with van der Waals surface area (Å²) in [5, 5.41) is 9.28. The molecule has 2 saturated heterocycles. The van der Waals surface area contributed by atoms with Gasteiger partial charge in [-0.3, -0.25) is 0 Å². The van der Waals surface area contributed by atoms with E-state index in [4.69, 9.17) is 23.9 Å². The minimum absolute atomic E-state index is 0.0753. The predicted octanol–water partition coefficient (Wildman–Crippen LogP) is 3.68. The van der Waals surface area contributed by atoms with E-state index in [0.717, 1.165) is 77.0 Å². The Morgan fingerprint density at radius 3 is 2.82 bits per heavy atom. The molecule has 4 aromatic heterocycles. The van der Waals surface area contributed by atoms with Crippen LogP contribution < -0.4 is 4.90 Å². The van der Waals surface area contributed by atoms with Crippen molar-refractivity contribution in [1.82, 2.24) is 33.9 Å². The summed E-state index contributed by atoms with van der Waals surface area (Å²) in [7, 11) is 0. The number of ether oxygens (including phenoxy) is 2. The number of pyridine rings is 1. The molecule has 10 nitrogen and oxygen atoms in total. The number of nitrogens with zero attached hydrogens (tertiary/aromatic N) is 8. The van der Waals surface area contributed by atoms with Crippen LogP contribution >= 0.6 is 11.5 Å². The van der Waals surface area contributed by atoms with E-state index in [-0.39, 0.29) is 12.3 Å². The van der Waals surface area contributed by atoms with E-state index in [1.807, 2.05) is 23.2 Å². The van der Waals surface area contributed by atoms with Gasteiger partial charge < -0.3 is 14.4 Å². The number of aromatic nitrogens is 7. The lowest BCUT2D eigenvalue weighted by Gasteiger charge is -2.34. The van der Waals surface area contributed by atoms with Crippen LogP contribution in [0.1, 0.15) is 43.9 Å². The summed E-state index contributed by atoms with van der Waals surface area (Å²) >= 11 is 1.44. The van der Waals surface area contributed by atoms with Crippen molar-refractivity contribution in [1.29, 1.82) is 0 Å². The van der Waals surface area contributed by atoms with Crippen molar-refractivity contribution in [3.8, 4) is 17.1 Å². The highest BCUT2D eigenvalue weighted by molar-refractivity contribution is 7.14. The number of anilines is 1. The van der Waals surface area contributed by atoms with E-state index in [0.29, 0.717) is 13.2 Å². The molecule has 0 aliphatic carbocycles. The number of rotatable bonds is 4. The molecule has 0 spiro atoms. The zero-order chi connectivity index (χ0) is 23.2. The fraction of sp³-hybridized carbons (Fsp3) is 0.522. The van der Waals surface area contributed by atoms with Crippen LogP contribution in [0.15, 0.2) is 18.5 Å². The van der Waals surface area contributed by atoms with Crippen LogP contribution in [0, 0.1) is 13.8 Å². The summed E-state index contributed by atoms with van der Waals surface area (Å²) in [5.41, 5.74) is 4.50. The van der Waals surface area contributed by atoms with E-state index in [2.05, 4.69) is 34.0 Å². The number of hydrogen-bond acceptors (Lipinski definition) is 9. The van der Waals surface area contributed by atoms with Crippen molar-refractivity contribution in [2.24, 2.45) is 0 Å². The molecule has 2 aliphatic heterocycles. The third-order valence-electron chi connectivity index (χ3n) is 6.53. The number of aryl methyl sites for hydroxylation is 2. The molecule has 0 saturated carbocycles. The Bertz CT molecular complexity index is 1320. The lowest BCUT2D eigenvalue weighted by atomic mass is 10.1. The summed E-state index contributed by atoms with van der Waals surface area (Å²) in [6.45, 7) is 9.03. The smallest absolute Gasteiger partial charge is 0.150 e. The average molecular weight is 481 g/mol. The molecule has 2 fully saturated rings. The molecule has 0 amide bonds. The van der Waals surface area contributed by atoms with Crippen LogP contribution in [0.2, 0.25) is 0 Å². The Balaban J connectivity index is 1.55. The van der Waals surface area contributed by atoms with Gasteiger partial charge in [-0.25, -0.2) is 19.3 Å². The Hall–Kier alpha value is -2.89. The van der Waals surface area contributed by atoms with Crippen LogP contribution in [0.5, 0.6) is 0 Å². The molecule has 178 valence electrons. The molecule has 6 heterocycles. The van der Waals surface area contributed by atoms with Crippen molar-refractivity contribution in [2.45, 2.75) is 52.3 Å². The van der Waals surface area contributed by atoms with Gasteiger partial charge in [0.05, 0.1) is 36.3 Å². The van der Waals surface area contributed by atoms with Crippen molar-refractivity contribution in [3.05, 3.63) is 30.0 Å². The molecular weight excluding hydrogens is 452 g/mol. The highest BCUT2D eigenvalue weighted by atomic mass is 32.1. The number of hydrogen-bond donors (Lipinski definition) is 0. The van der Waals surface area contributed by atoms with Gasteiger partial charge in [0.2, 0.25) is 0 Å². The summed E-state index contributed by atoms with van der Waals surface area (Å²) in [4.78, 5) is 11.8. The first-order valence-electron chi connectivity index (χ1n) is 11.8. The molecular formula is C23H28N8O2S.